The highest BCUT2D eigenvalue weighted by atomic mass is 16.5. The van der Waals surface area contributed by atoms with Gasteiger partial charge in [0.25, 0.3) is 0 Å². The molecular weight excluding hydrogens is 290 g/mol. The Balaban J connectivity index is 2.46. The normalized spacial score (nSPS) is 13.6. The Morgan fingerprint density at radius 3 is 2.43 bits per heavy atom. The van der Waals surface area contributed by atoms with E-state index in [9.17, 15) is 0 Å². The fourth-order valence-electron chi connectivity index (χ4n) is 2.38. The van der Waals surface area contributed by atoms with E-state index < -0.39 is 0 Å². The van der Waals surface area contributed by atoms with Gasteiger partial charge in [-0.05, 0) is 23.5 Å². The summed E-state index contributed by atoms with van der Waals surface area (Å²) in [7, 11) is 5.22. The van der Waals surface area contributed by atoms with E-state index in [0.717, 1.165) is 24.7 Å². The summed E-state index contributed by atoms with van der Waals surface area (Å²) >= 11 is 0. The molecule has 0 aliphatic rings. The van der Waals surface area contributed by atoms with Crippen LogP contribution in [0.25, 0.3) is 0 Å². The lowest BCUT2D eigenvalue weighted by Gasteiger charge is -2.30. The minimum absolute atomic E-state index is 0.0814. The molecule has 23 heavy (non-hydrogen) atoms. The maximum atomic E-state index is 5.55. The Labute approximate surface area is 140 Å². The van der Waals surface area contributed by atoms with Crippen LogP contribution in [-0.2, 0) is 11.2 Å². The topological polar surface area (TPSA) is 54.9 Å². The van der Waals surface area contributed by atoms with Gasteiger partial charge in [0.2, 0.25) is 0 Å². The highest BCUT2D eigenvalue weighted by molar-refractivity contribution is 5.79. The standard InChI is InChI=1S/C18H31N3O2/c1-18(2,3)16(23-6)13-21-17(19-4)20-12-11-14-9-7-8-10-15(14)22-5/h7-10,16H,11-13H2,1-6H3,(H2,19,20,21). The first-order valence-electron chi connectivity index (χ1n) is 8.01. The zero-order valence-corrected chi connectivity index (χ0v) is 15.3. The number of hydrogen-bond acceptors (Lipinski definition) is 3. The van der Waals surface area contributed by atoms with Crippen LogP contribution in [0.4, 0.5) is 0 Å². The van der Waals surface area contributed by atoms with Crippen LogP contribution in [0.15, 0.2) is 29.3 Å². The molecule has 1 atom stereocenters. The van der Waals surface area contributed by atoms with E-state index in [2.05, 4.69) is 42.5 Å². The third-order valence-corrected chi connectivity index (χ3v) is 3.81. The fraction of sp³-hybridized carbons (Fsp3) is 0.611. The molecule has 0 bridgehead atoms. The van der Waals surface area contributed by atoms with Crippen LogP contribution >= 0.6 is 0 Å². The van der Waals surface area contributed by atoms with Crippen molar-refractivity contribution >= 4 is 5.96 Å². The van der Waals surface area contributed by atoms with E-state index in [1.165, 1.54) is 5.56 Å². The second-order valence-corrected chi connectivity index (χ2v) is 6.53. The highest BCUT2D eigenvalue weighted by Crippen LogP contribution is 2.21. The summed E-state index contributed by atoms with van der Waals surface area (Å²) in [6, 6.07) is 8.07. The van der Waals surface area contributed by atoms with Gasteiger partial charge in [-0.3, -0.25) is 4.99 Å². The molecule has 0 amide bonds. The molecule has 1 aromatic rings. The SMILES string of the molecule is CN=C(NCCc1ccccc1OC)NCC(OC)C(C)(C)C. The minimum atomic E-state index is 0.0814. The molecule has 0 aromatic heterocycles. The van der Waals surface area contributed by atoms with Crippen LogP contribution in [0.3, 0.4) is 0 Å². The first kappa shape index (κ1) is 19.3. The molecule has 0 fully saturated rings. The van der Waals surface area contributed by atoms with Crippen molar-refractivity contribution in [1.29, 1.82) is 0 Å². The van der Waals surface area contributed by atoms with Crippen LogP contribution in [-0.4, -0.2) is 46.4 Å². The van der Waals surface area contributed by atoms with Crippen molar-refractivity contribution in [1.82, 2.24) is 10.6 Å². The summed E-state index contributed by atoms with van der Waals surface area (Å²) in [5.41, 5.74) is 1.26. The average Bonchev–Trinajstić information content (AvgIpc) is 2.52. The number of methoxy groups -OCH3 is 2. The lowest BCUT2D eigenvalue weighted by Crippen LogP contribution is -2.45. The number of nitrogens with one attached hydrogen (secondary N) is 2. The van der Waals surface area contributed by atoms with Crippen LogP contribution in [0.5, 0.6) is 5.75 Å². The van der Waals surface area contributed by atoms with Gasteiger partial charge in [0.15, 0.2) is 5.96 Å². The first-order chi connectivity index (χ1) is 10.9. The first-order valence-corrected chi connectivity index (χ1v) is 8.01. The van der Waals surface area contributed by atoms with Gasteiger partial charge in [-0.25, -0.2) is 0 Å². The molecule has 1 rings (SSSR count). The minimum Gasteiger partial charge on any atom is -0.496 e. The van der Waals surface area contributed by atoms with E-state index in [1.54, 1.807) is 21.3 Å². The van der Waals surface area contributed by atoms with E-state index in [1.807, 2.05) is 18.2 Å². The smallest absolute Gasteiger partial charge is 0.191 e. The Bertz CT molecular complexity index is 495. The van der Waals surface area contributed by atoms with Gasteiger partial charge >= 0.3 is 0 Å². The molecule has 5 nitrogen and oxygen atoms in total. The van der Waals surface area contributed by atoms with Gasteiger partial charge in [-0.1, -0.05) is 39.0 Å². The molecule has 0 radical (unpaired) electrons. The quantitative estimate of drug-likeness (QED) is 0.598. The zero-order valence-electron chi connectivity index (χ0n) is 15.3. The Kier molecular flexibility index (Phi) is 7.89. The number of hydrogen-bond donors (Lipinski definition) is 2. The third-order valence-electron chi connectivity index (χ3n) is 3.81. The Hall–Kier alpha value is -1.75. The number of guanidine groups is 1. The van der Waals surface area contributed by atoms with E-state index >= 15 is 0 Å². The van der Waals surface area contributed by atoms with E-state index in [-0.39, 0.29) is 11.5 Å². The van der Waals surface area contributed by atoms with Gasteiger partial charge in [-0.15, -0.1) is 0 Å². The molecule has 1 unspecified atom stereocenters. The third kappa shape index (κ3) is 6.48. The molecule has 0 heterocycles. The largest absolute Gasteiger partial charge is 0.496 e. The number of aliphatic imine (C=N–C) groups is 1. The number of nitrogens with zero attached hydrogens (tertiary/aromatic N) is 1. The molecule has 130 valence electrons. The maximum absolute atomic E-state index is 5.55. The molecule has 0 aliphatic heterocycles. The number of para-hydroxylation sites is 1. The average molecular weight is 321 g/mol. The van der Waals surface area contributed by atoms with Crippen molar-refractivity contribution in [3.63, 3.8) is 0 Å². The molecule has 0 aliphatic carbocycles. The number of rotatable bonds is 7. The van der Waals surface area contributed by atoms with Crippen LogP contribution in [0.1, 0.15) is 26.3 Å². The van der Waals surface area contributed by atoms with Gasteiger partial charge in [0.1, 0.15) is 5.75 Å². The predicted molar refractivity (Wildman–Crippen MR) is 96.3 cm³/mol. The van der Waals surface area contributed by atoms with E-state index in [4.69, 9.17) is 9.47 Å². The number of ether oxygens (including phenoxy) is 2. The molecule has 0 saturated heterocycles. The molecule has 0 saturated carbocycles. The molecule has 5 heteroatoms. The van der Waals surface area contributed by atoms with Crippen LogP contribution in [0.2, 0.25) is 0 Å². The Morgan fingerprint density at radius 1 is 1.17 bits per heavy atom. The van der Waals surface area contributed by atoms with Crippen molar-refractivity contribution in [3.05, 3.63) is 29.8 Å². The summed E-state index contributed by atoms with van der Waals surface area (Å²) in [6.45, 7) is 8.00. The van der Waals surface area contributed by atoms with Crippen molar-refractivity contribution in [3.8, 4) is 5.75 Å². The van der Waals surface area contributed by atoms with Crippen molar-refractivity contribution in [2.75, 3.05) is 34.4 Å². The van der Waals surface area contributed by atoms with Gasteiger partial charge in [0.05, 0.1) is 13.2 Å². The van der Waals surface area contributed by atoms with Gasteiger partial charge < -0.3 is 20.1 Å². The number of benzene rings is 1. The zero-order chi connectivity index (χ0) is 17.3. The van der Waals surface area contributed by atoms with E-state index in [0.29, 0.717) is 6.54 Å². The molecule has 0 spiro atoms. The summed E-state index contributed by atoms with van der Waals surface area (Å²) in [4.78, 5) is 4.26. The van der Waals surface area contributed by atoms with Gasteiger partial charge in [0, 0.05) is 27.2 Å². The van der Waals surface area contributed by atoms with Crippen molar-refractivity contribution in [2.45, 2.75) is 33.3 Å². The summed E-state index contributed by atoms with van der Waals surface area (Å²) in [5, 5.41) is 6.65. The lowest BCUT2D eigenvalue weighted by atomic mass is 9.89. The van der Waals surface area contributed by atoms with Crippen LogP contribution < -0.4 is 15.4 Å². The fourth-order valence-corrected chi connectivity index (χ4v) is 2.38. The molecular formula is C18H31N3O2. The highest BCUT2D eigenvalue weighted by Gasteiger charge is 2.24. The lowest BCUT2D eigenvalue weighted by molar-refractivity contribution is 0.0205. The Morgan fingerprint density at radius 2 is 1.87 bits per heavy atom. The van der Waals surface area contributed by atoms with Crippen molar-refractivity contribution < 1.29 is 9.47 Å². The molecule has 2 N–H and O–H groups in total. The second kappa shape index (κ2) is 9.40. The predicted octanol–water partition coefficient (Wildman–Crippen LogP) is 2.46. The van der Waals surface area contributed by atoms with Crippen LogP contribution in [0, 0.1) is 5.41 Å². The van der Waals surface area contributed by atoms with Gasteiger partial charge in [-0.2, -0.15) is 0 Å². The second-order valence-electron chi connectivity index (χ2n) is 6.53. The summed E-state index contributed by atoms with van der Waals surface area (Å²) in [5.74, 6) is 1.70. The monoisotopic (exact) mass is 321 g/mol. The van der Waals surface area contributed by atoms with Crippen molar-refractivity contribution in [2.24, 2.45) is 10.4 Å². The summed E-state index contributed by atoms with van der Waals surface area (Å²) < 4.78 is 10.9. The molecule has 1 aromatic carbocycles. The summed E-state index contributed by atoms with van der Waals surface area (Å²) in [6.07, 6.45) is 0.993. The maximum Gasteiger partial charge on any atom is 0.191 e.